The molecule has 4 heteroatoms. The van der Waals surface area contributed by atoms with Gasteiger partial charge in [0.05, 0.1) is 0 Å². The average Bonchev–Trinajstić information content (AvgIpc) is 2.94. The highest BCUT2D eigenvalue weighted by molar-refractivity contribution is 5.67. The minimum Gasteiger partial charge on any atom is -0.442 e. The molecule has 6 atom stereocenters. The second-order valence-electron chi connectivity index (χ2n) is 9.95. The third kappa shape index (κ3) is 2.78. The third-order valence-corrected chi connectivity index (χ3v) is 9.03. The van der Waals surface area contributed by atoms with Crippen molar-refractivity contribution in [1.82, 2.24) is 5.32 Å². The first-order valence-electron chi connectivity index (χ1n) is 11.3. The number of rotatable bonds is 4. The molecule has 0 heterocycles. The Kier molecular flexibility index (Phi) is 5.14. The van der Waals surface area contributed by atoms with Gasteiger partial charge in [0.15, 0.2) is 0 Å². The summed E-state index contributed by atoms with van der Waals surface area (Å²) in [5.74, 6) is 1.94. The molecule has 0 bridgehead atoms. The van der Waals surface area contributed by atoms with Gasteiger partial charge in [-0.05, 0) is 69.6 Å². The van der Waals surface area contributed by atoms with Crippen molar-refractivity contribution >= 4 is 6.09 Å². The minimum absolute atomic E-state index is 0.0437. The molecule has 0 spiro atoms. The Balaban J connectivity index is 1.64. The summed E-state index contributed by atoms with van der Waals surface area (Å²) in [7, 11) is 0. The Morgan fingerprint density at radius 2 is 2.04 bits per heavy atom. The summed E-state index contributed by atoms with van der Waals surface area (Å²) in [4.78, 5) is 12.4. The summed E-state index contributed by atoms with van der Waals surface area (Å²) in [5, 5.41) is 12.6. The molecule has 0 saturated heterocycles. The molecule has 0 radical (unpaired) electrons. The number of aliphatic hydroxyl groups excluding tert-OH is 1. The largest absolute Gasteiger partial charge is 0.442 e. The summed E-state index contributed by atoms with van der Waals surface area (Å²) in [6.45, 7) is 7.35. The number of hydrogen-bond donors (Lipinski definition) is 2. The van der Waals surface area contributed by atoms with E-state index in [1.807, 2.05) is 6.92 Å². The number of ether oxygens (including phenoxy) is 1. The van der Waals surface area contributed by atoms with E-state index in [0.717, 1.165) is 25.7 Å². The number of carbonyl (C=O) groups excluding carboxylic acids is 1. The van der Waals surface area contributed by atoms with Gasteiger partial charge in [-0.1, -0.05) is 37.6 Å². The van der Waals surface area contributed by atoms with Crippen molar-refractivity contribution in [3.05, 3.63) is 23.8 Å². The second-order valence-corrected chi connectivity index (χ2v) is 9.95. The Morgan fingerprint density at radius 1 is 1.25 bits per heavy atom. The van der Waals surface area contributed by atoms with E-state index >= 15 is 0 Å². The summed E-state index contributed by atoms with van der Waals surface area (Å²) < 4.78 is 6.13. The summed E-state index contributed by atoms with van der Waals surface area (Å²) in [6.07, 6.45) is 15.3. The Bertz CT molecular complexity index is 685. The molecule has 156 valence electrons. The highest BCUT2D eigenvalue weighted by Crippen LogP contribution is 2.68. The fourth-order valence-corrected chi connectivity index (χ4v) is 7.60. The van der Waals surface area contributed by atoms with E-state index in [0.29, 0.717) is 30.7 Å². The van der Waals surface area contributed by atoms with Crippen molar-refractivity contribution in [3.63, 3.8) is 0 Å². The van der Waals surface area contributed by atoms with Crippen molar-refractivity contribution < 1.29 is 14.6 Å². The van der Waals surface area contributed by atoms with Gasteiger partial charge in [0.1, 0.15) is 5.60 Å². The van der Waals surface area contributed by atoms with Crippen LogP contribution < -0.4 is 5.32 Å². The Labute approximate surface area is 169 Å². The van der Waals surface area contributed by atoms with Crippen LogP contribution in [0.2, 0.25) is 0 Å². The zero-order valence-electron chi connectivity index (χ0n) is 17.8. The number of alkyl carbamates (subject to hydrolysis) is 1. The normalized spacial score (nSPS) is 44.1. The van der Waals surface area contributed by atoms with Crippen LogP contribution in [0.25, 0.3) is 0 Å². The molecule has 0 aromatic heterocycles. The molecule has 3 fully saturated rings. The number of nitrogens with one attached hydrogen (secondary N) is 1. The molecule has 4 aliphatic carbocycles. The predicted octanol–water partition coefficient (Wildman–Crippen LogP) is 4.98. The lowest BCUT2D eigenvalue weighted by Gasteiger charge is -2.58. The quantitative estimate of drug-likeness (QED) is 0.669. The van der Waals surface area contributed by atoms with Crippen molar-refractivity contribution in [1.29, 1.82) is 0 Å². The summed E-state index contributed by atoms with van der Waals surface area (Å²) >= 11 is 0. The van der Waals surface area contributed by atoms with Crippen LogP contribution in [0.15, 0.2) is 23.8 Å². The topological polar surface area (TPSA) is 58.6 Å². The van der Waals surface area contributed by atoms with Crippen LogP contribution in [-0.2, 0) is 4.74 Å². The van der Waals surface area contributed by atoms with Gasteiger partial charge in [-0.2, -0.15) is 0 Å². The molecule has 4 aliphatic rings. The number of fused-ring (bicyclic) bond motifs is 5. The van der Waals surface area contributed by atoms with E-state index in [1.54, 1.807) is 5.57 Å². The van der Waals surface area contributed by atoms with Crippen LogP contribution in [-0.4, -0.2) is 30.0 Å². The molecular weight excluding hydrogens is 350 g/mol. The predicted molar refractivity (Wildman–Crippen MR) is 111 cm³/mol. The van der Waals surface area contributed by atoms with Gasteiger partial charge < -0.3 is 15.2 Å². The molecular formula is C24H37NO3. The lowest BCUT2D eigenvalue weighted by atomic mass is 9.47. The van der Waals surface area contributed by atoms with Crippen LogP contribution in [0, 0.1) is 28.6 Å². The molecule has 1 amide bonds. The van der Waals surface area contributed by atoms with E-state index in [1.165, 1.54) is 19.3 Å². The maximum atomic E-state index is 12.4. The van der Waals surface area contributed by atoms with Crippen molar-refractivity contribution in [2.24, 2.45) is 28.6 Å². The molecule has 4 rings (SSSR count). The van der Waals surface area contributed by atoms with Crippen molar-refractivity contribution in [2.75, 3.05) is 13.2 Å². The van der Waals surface area contributed by atoms with Gasteiger partial charge >= 0.3 is 6.09 Å². The van der Waals surface area contributed by atoms with E-state index < -0.39 is 5.60 Å². The molecule has 28 heavy (non-hydrogen) atoms. The van der Waals surface area contributed by atoms with Crippen LogP contribution in [0.3, 0.4) is 0 Å². The van der Waals surface area contributed by atoms with Crippen LogP contribution in [0.1, 0.15) is 72.1 Å². The van der Waals surface area contributed by atoms with Gasteiger partial charge in [0.2, 0.25) is 0 Å². The number of allylic oxidation sites excluding steroid dienone is 4. The van der Waals surface area contributed by atoms with E-state index in [2.05, 4.69) is 37.4 Å². The molecule has 0 aromatic rings. The van der Waals surface area contributed by atoms with E-state index in [4.69, 9.17) is 4.74 Å². The van der Waals surface area contributed by atoms with E-state index in [-0.39, 0.29) is 23.5 Å². The average molecular weight is 388 g/mol. The lowest BCUT2D eigenvalue weighted by molar-refractivity contribution is -0.131. The number of hydrogen-bond acceptors (Lipinski definition) is 3. The fraction of sp³-hybridized carbons (Fsp3) is 0.792. The molecule has 0 unspecified atom stereocenters. The van der Waals surface area contributed by atoms with Crippen LogP contribution in [0.5, 0.6) is 0 Å². The van der Waals surface area contributed by atoms with Crippen LogP contribution >= 0.6 is 0 Å². The lowest BCUT2D eigenvalue weighted by Crippen LogP contribution is -2.56. The Hall–Kier alpha value is -1.29. The zero-order valence-corrected chi connectivity index (χ0v) is 17.8. The SMILES string of the molecule is CCNC(=O)O[C@]1(CCO)CC[C@H]2[C@@H]3CCC4=CCC=C[C@]4(C)[C@H]3CC[C@@]21C. The highest BCUT2D eigenvalue weighted by atomic mass is 16.6. The second kappa shape index (κ2) is 7.19. The van der Waals surface area contributed by atoms with Gasteiger partial charge in [-0.25, -0.2) is 4.79 Å². The molecule has 4 nitrogen and oxygen atoms in total. The Morgan fingerprint density at radius 3 is 2.79 bits per heavy atom. The highest BCUT2D eigenvalue weighted by Gasteiger charge is 2.65. The maximum absolute atomic E-state index is 12.4. The molecule has 2 N–H and O–H groups in total. The van der Waals surface area contributed by atoms with Gasteiger partial charge in [0.25, 0.3) is 0 Å². The smallest absolute Gasteiger partial charge is 0.407 e. The molecule has 3 saturated carbocycles. The number of amides is 1. The first kappa shape index (κ1) is 20.0. The number of aliphatic hydroxyl groups is 1. The first-order chi connectivity index (χ1) is 13.4. The summed E-state index contributed by atoms with van der Waals surface area (Å²) in [6, 6.07) is 0. The summed E-state index contributed by atoms with van der Waals surface area (Å²) in [5.41, 5.74) is 1.29. The van der Waals surface area contributed by atoms with Gasteiger partial charge in [-0.15, -0.1) is 0 Å². The van der Waals surface area contributed by atoms with E-state index in [9.17, 15) is 9.90 Å². The first-order valence-corrected chi connectivity index (χ1v) is 11.3. The minimum atomic E-state index is -0.532. The molecule has 0 aromatic carbocycles. The monoisotopic (exact) mass is 387 g/mol. The fourth-order valence-electron chi connectivity index (χ4n) is 7.60. The molecule has 0 aliphatic heterocycles. The van der Waals surface area contributed by atoms with Gasteiger partial charge in [0, 0.05) is 30.4 Å². The van der Waals surface area contributed by atoms with Crippen molar-refractivity contribution in [2.45, 2.75) is 77.7 Å². The van der Waals surface area contributed by atoms with Crippen LogP contribution in [0.4, 0.5) is 4.79 Å². The zero-order chi connectivity index (χ0) is 20.0. The van der Waals surface area contributed by atoms with Crippen molar-refractivity contribution in [3.8, 4) is 0 Å². The third-order valence-electron chi connectivity index (χ3n) is 9.03. The number of carbonyl (C=O) groups is 1. The van der Waals surface area contributed by atoms with Gasteiger partial charge in [-0.3, -0.25) is 0 Å². The maximum Gasteiger partial charge on any atom is 0.407 e. The standard InChI is InChI=1S/C24H37NO3/c1-4-25-21(27)28-24(15-16-26)14-11-20-18-9-8-17-7-5-6-12-22(17,2)19(18)10-13-23(20,24)3/h6-7,12,18-20,26H,4-5,8-11,13-16H2,1-3H3,(H,25,27)/t18-,19+,20+,22+,23+,24+/m1/s1.